The molecule has 0 aliphatic carbocycles. The van der Waals surface area contributed by atoms with E-state index >= 15 is 0 Å². The van der Waals surface area contributed by atoms with Crippen molar-refractivity contribution in [3.05, 3.63) is 12.2 Å². The summed E-state index contributed by atoms with van der Waals surface area (Å²) in [7, 11) is 0. The van der Waals surface area contributed by atoms with Gasteiger partial charge in [-0.25, -0.2) is 0 Å². The number of carbonyl (C=O) groups excluding carboxylic acids is 1. The third-order valence-electron chi connectivity index (χ3n) is 2.87. The number of nitrogens with zero attached hydrogens (tertiary/aromatic N) is 2. The van der Waals surface area contributed by atoms with Crippen LogP contribution in [0.25, 0.3) is 0 Å². The lowest BCUT2D eigenvalue weighted by Crippen LogP contribution is -2.42. The highest BCUT2D eigenvalue weighted by molar-refractivity contribution is 5.85. The fraction of sp³-hybridized carbons (Fsp3) is 0.636. The van der Waals surface area contributed by atoms with Crippen molar-refractivity contribution in [3.63, 3.8) is 0 Å². The van der Waals surface area contributed by atoms with Crippen molar-refractivity contribution >= 4 is 5.91 Å². The van der Waals surface area contributed by atoms with E-state index in [2.05, 4.69) is 11.0 Å². The summed E-state index contributed by atoms with van der Waals surface area (Å²) in [6.07, 6.45) is 5.81. The van der Waals surface area contributed by atoms with Gasteiger partial charge in [0.1, 0.15) is 0 Å². The number of nitriles is 1. The van der Waals surface area contributed by atoms with Crippen molar-refractivity contribution in [3.8, 4) is 6.07 Å². The van der Waals surface area contributed by atoms with Crippen LogP contribution in [0.2, 0.25) is 0 Å². The van der Waals surface area contributed by atoms with E-state index in [1.54, 1.807) is 6.08 Å². The number of hydrogen-bond donors (Lipinski definition) is 1. The first-order valence-corrected chi connectivity index (χ1v) is 5.19. The molecule has 0 aromatic carbocycles. The minimum atomic E-state index is -0.460. The van der Waals surface area contributed by atoms with E-state index in [9.17, 15) is 4.79 Å². The molecular weight excluding hydrogens is 190 g/mol. The van der Waals surface area contributed by atoms with E-state index in [1.807, 2.05) is 6.92 Å². The highest BCUT2D eigenvalue weighted by Gasteiger charge is 2.31. The van der Waals surface area contributed by atoms with Gasteiger partial charge in [0.15, 0.2) is 0 Å². The van der Waals surface area contributed by atoms with Gasteiger partial charge in [-0.3, -0.25) is 9.69 Å². The number of likely N-dealkylation sites (tertiary alicyclic amines) is 1. The van der Waals surface area contributed by atoms with E-state index in [0.29, 0.717) is 6.42 Å². The van der Waals surface area contributed by atoms with Crippen molar-refractivity contribution in [2.24, 2.45) is 5.73 Å². The Morgan fingerprint density at radius 1 is 1.60 bits per heavy atom. The first-order valence-electron chi connectivity index (χ1n) is 5.19. The zero-order valence-electron chi connectivity index (χ0n) is 9.07. The average Bonchev–Trinajstić information content (AvgIpc) is 2.68. The summed E-state index contributed by atoms with van der Waals surface area (Å²) in [4.78, 5) is 12.9. The third-order valence-corrected chi connectivity index (χ3v) is 2.87. The van der Waals surface area contributed by atoms with Crippen LogP contribution in [-0.2, 0) is 4.79 Å². The van der Waals surface area contributed by atoms with Crippen molar-refractivity contribution in [1.82, 2.24) is 4.90 Å². The zero-order chi connectivity index (χ0) is 11.3. The van der Waals surface area contributed by atoms with Crippen LogP contribution in [0.5, 0.6) is 0 Å². The summed E-state index contributed by atoms with van der Waals surface area (Å²) < 4.78 is 0. The van der Waals surface area contributed by atoms with E-state index in [1.165, 1.54) is 6.08 Å². The number of amides is 1. The molecule has 1 fully saturated rings. The lowest BCUT2D eigenvalue weighted by Gasteiger charge is -2.34. The molecule has 0 aromatic heterocycles. The van der Waals surface area contributed by atoms with Crippen molar-refractivity contribution in [2.45, 2.75) is 31.7 Å². The van der Waals surface area contributed by atoms with Crippen LogP contribution >= 0.6 is 0 Å². The molecule has 1 amide bonds. The second-order valence-electron chi connectivity index (χ2n) is 4.12. The Balaban J connectivity index is 2.77. The molecule has 4 heteroatoms. The number of rotatable bonds is 4. The molecule has 82 valence electrons. The van der Waals surface area contributed by atoms with Crippen LogP contribution in [0.15, 0.2) is 12.2 Å². The van der Waals surface area contributed by atoms with Crippen LogP contribution in [0.1, 0.15) is 26.2 Å². The second kappa shape index (κ2) is 4.94. The molecular formula is C11H17N3O. The highest BCUT2D eigenvalue weighted by Crippen LogP contribution is 2.25. The van der Waals surface area contributed by atoms with Crippen LogP contribution in [0.3, 0.4) is 0 Å². The van der Waals surface area contributed by atoms with Gasteiger partial charge in [0.05, 0.1) is 12.5 Å². The lowest BCUT2D eigenvalue weighted by atomic mass is 9.95. The van der Waals surface area contributed by atoms with Gasteiger partial charge in [-0.05, 0) is 32.9 Å². The van der Waals surface area contributed by atoms with Gasteiger partial charge in [-0.1, -0.05) is 6.08 Å². The van der Waals surface area contributed by atoms with E-state index in [4.69, 9.17) is 11.0 Å². The molecule has 2 N–H and O–H groups in total. The molecule has 1 atom stereocenters. The van der Waals surface area contributed by atoms with Crippen LogP contribution < -0.4 is 5.73 Å². The molecule has 1 rings (SSSR count). The Hall–Kier alpha value is -1.34. The molecule has 1 aliphatic heterocycles. The van der Waals surface area contributed by atoms with Gasteiger partial charge < -0.3 is 5.73 Å². The third kappa shape index (κ3) is 3.07. The molecule has 1 aliphatic rings. The van der Waals surface area contributed by atoms with Gasteiger partial charge in [0, 0.05) is 11.6 Å². The maximum Gasteiger partial charge on any atom is 0.241 e. The maximum absolute atomic E-state index is 10.7. The molecule has 1 saturated heterocycles. The summed E-state index contributed by atoms with van der Waals surface area (Å²) in [5.74, 6) is -0.460. The monoisotopic (exact) mass is 207 g/mol. The number of nitrogens with two attached hydrogens (primary N) is 1. The van der Waals surface area contributed by atoms with E-state index < -0.39 is 5.91 Å². The quantitative estimate of drug-likeness (QED) is 0.693. The summed E-state index contributed by atoms with van der Waals surface area (Å²) in [6, 6.07) is 2.16. The highest BCUT2D eigenvalue weighted by atomic mass is 16.1. The normalized spacial score (nSPS) is 21.3. The van der Waals surface area contributed by atoms with Crippen molar-refractivity contribution < 1.29 is 4.79 Å². The second-order valence-corrected chi connectivity index (χ2v) is 4.12. The molecule has 0 spiro atoms. The SMILES string of the molecule is CC(C=CC(N)=O)(CC#N)N1CCCC1. The fourth-order valence-corrected chi connectivity index (χ4v) is 1.93. The Morgan fingerprint density at radius 3 is 2.67 bits per heavy atom. The van der Waals surface area contributed by atoms with Gasteiger partial charge in [0.25, 0.3) is 0 Å². The largest absolute Gasteiger partial charge is 0.366 e. The Labute approximate surface area is 90.3 Å². The molecule has 1 heterocycles. The van der Waals surface area contributed by atoms with Crippen LogP contribution in [0.4, 0.5) is 0 Å². The molecule has 15 heavy (non-hydrogen) atoms. The molecule has 0 saturated carbocycles. The van der Waals surface area contributed by atoms with Gasteiger partial charge in [0.2, 0.25) is 5.91 Å². The summed E-state index contributed by atoms with van der Waals surface area (Å²) in [6.45, 7) is 3.95. The van der Waals surface area contributed by atoms with Crippen LogP contribution in [0, 0.1) is 11.3 Å². The number of primary amides is 1. The number of hydrogen-bond acceptors (Lipinski definition) is 3. The summed E-state index contributed by atoms with van der Waals surface area (Å²) >= 11 is 0. The fourth-order valence-electron chi connectivity index (χ4n) is 1.93. The summed E-state index contributed by atoms with van der Waals surface area (Å²) in [5.41, 5.74) is 4.72. The van der Waals surface area contributed by atoms with Gasteiger partial charge in [-0.2, -0.15) is 5.26 Å². The van der Waals surface area contributed by atoms with Crippen molar-refractivity contribution in [2.75, 3.05) is 13.1 Å². The predicted octanol–water partition coefficient (Wildman–Crippen LogP) is 0.796. The lowest BCUT2D eigenvalue weighted by molar-refractivity contribution is -0.113. The van der Waals surface area contributed by atoms with Crippen LogP contribution in [-0.4, -0.2) is 29.4 Å². The molecule has 0 aromatic rings. The molecule has 1 unspecified atom stereocenters. The first kappa shape index (κ1) is 11.7. The molecule has 0 bridgehead atoms. The first-order chi connectivity index (χ1) is 7.08. The number of carbonyl (C=O) groups is 1. The smallest absolute Gasteiger partial charge is 0.241 e. The topological polar surface area (TPSA) is 70.1 Å². The standard InChI is InChI=1S/C11H17N3O/c1-11(6-7-12,5-4-10(13)15)14-8-2-3-9-14/h4-5H,2-3,6,8-9H2,1H3,(H2,13,15). The van der Waals surface area contributed by atoms with E-state index in [0.717, 1.165) is 25.9 Å². The Kier molecular flexibility index (Phi) is 3.87. The predicted molar refractivity (Wildman–Crippen MR) is 57.8 cm³/mol. The van der Waals surface area contributed by atoms with E-state index in [-0.39, 0.29) is 5.54 Å². The Morgan fingerprint density at radius 2 is 2.20 bits per heavy atom. The summed E-state index contributed by atoms with van der Waals surface area (Å²) in [5, 5.41) is 8.80. The maximum atomic E-state index is 10.7. The molecule has 0 radical (unpaired) electrons. The van der Waals surface area contributed by atoms with Gasteiger partial charge >= 0.3 is 0 Å². The van der Waals surface area contributed by atoms with Gasteiger partial charge in [-0.15, -0.1) is 0 Å². The zero-order valence-corrected chi connectivity index (χ0v) is 9.07. The molecule has 4 nitrogen and oxygen atoms in total. The minimum absolute atomic E-state index is 0.347. The minimum Gasteiger partial charge on any atom is -0.366 e. The average molecular weight is 207 g/mol. The van der Waals surface area contributed by atoms with Crippen molar-refractivity contribution in [1.29, 1.82) is 5.26 Å². The Bertz CT molecular complexity index is 299.